The van der Waals surface area contributed by atoms with Crippen molar-refractivity contribution in [2.24, 2.45) is 11.8 Å². The van der Waals surface area contributed by atoms with Gasteiger partial charge in [-0.2, -0.15) is 0 Å². The van der Waals surface area contributed by atoms with E-state index in [1.54, 1.807) is 60.3 Å². The number of hydrogen-bond acceptors (Lipinski definition) is 6. The van der Waals surface area contributed by atoms with Crippen LogP contribution in [0.25, 0.3) is 0 Å². The first-order valence-electron chi connectivity index (χ1n) is 14.1. The fourth-order valence-electron chi connectivity index (χ4n) is 6.83. The standard InChI is InChI=1S/C32H32ClN3O5S/c1-2-41-23-14-12-22(13-15-23)34-29(38)26-25-16-17-32(42-25)27(26)31(40)36(24(18-37)19-6-4-3-5-7-19)28(32)30(39)35-21-10-8-20(33)9-11-21/h3-15,24-28,37H,2,16-18H2,1H3,(H,34,38)(H,35,39)/t24-,25-,26+,27+,28?,32?/m1/s1. The van der Waals surface area contributed by atoms with E-state index < -0.39 is 28.7 Å². The van der Waals surface area contributed by atoms with Gasteiger partial charge in [-0.3, -0.25) is 14.4 Å². The molecule has 3 N–H and O–H groups in total. The summed E-state index contributed by atoms with van der Waals surface area (Å²) in [6.07, 6.45) is 1.33. The molecule has 0 aliphatic carbocycles. The van der Waals surface area contributed by atoms with E-state index in [9.17, 15) is 19.5 Å². The number of anilines is 2. The van der Waals surface area contributed by atoms with Crippen molar-refractivity contribution in [3.05, 3.63) is 89.4 Å². The Bertz CT molecular complexity index is 1470. The molecule has 3 aromatic carbocycles. The number of aliphatic hydroxyl groups excluding tert-OH is 1. The van der Waals surface area contributed by atoms with Gasteiger partial charge in [0.25, 0.3) is 0 Å². The average molecular weight is 606 g/mol. The molecule has 3 saturated heterocycles. The summed E-state index contributed by atoms with van der Waals surface area (Å²) in [7, 11) is 0. The number of amides is 3. The molecule has 6 atom stereocenters. The van der Waals surface area contributed by atoms with Crippen molar-refractivity contribution in [3.8, 4) is 5.75 Å². The molecule has 0 aromatic heterocycles. The van der Waals surface area contributed by atoms with Crippen LogP contribution in [-0.4, -0.2) is 57.0 Å². The lowest BCUT2D eigenvalue weighted by Crippen LogP contribution is -2.52. The van der Waals surface area contributed by atoms with Crippen molar-refractivity contribution in [3.63, 3.8) is 0 Å². The summed E-state index contributed by atoms with van der Waals surface area (Å²) in [5.41, 5.74) is 1.89. The van der Waals surface area contributed by atoms with Crippen LogP contribution in [0.5, 0.6) is 5.75 Å². The van der Waals surface area contributed by atoms with Gasteiger partial charge in [-0.15, -0.1) is 11.8 Å². The van der Waals surface area contributed by atoms with Gasteiger partial charge in [0.2, 0.25) is 17.7 Å². The third-order valence-corrected chi connectivity index (χ3v) is 10.7. The number of halogens is 1. The topological polar surface area (TPSA) is 108 Å². The highest BCUT2D eigenvalue weighted by Gasteiger charge is 2.74. The van der Waals surface area contributed by atoms with Crippen molar-refractivity contribution < 1.29 is 24.2 Å². The first-order valence-corrected chi connectivity index (χ1v) is 15.4. The molecule has 3 aliphatic rings. The first kappa shape index (κ1) is 28.6. The van der Waals surface area contributed by atoms with Gasteiger partial charge in [0, 0.05) is 21.6 Å². The molecule has 2 bridgehead atoms. The predicted octanol–water partition coefficient (Wildman–Crippen LogP) is 5.14. The van der Waals surface area contributed by atoms with E-state index in [2.05, 4.69) is 10.6 Å². The maximum absolute atomic E-state index is 14.4. The van der Waals surface area contributed by atoms with E-state index in [0.717, 1.165) is 5.56 Å². The zero-order valence-corrected chi connectivity index (χ0v) is 24.6. The van der Waals surface area contributed by atoms with Crippen LogP contribution in [0.1, 0.15) is 31.4 Å². The molecular weight excluding hydrogens is 574 g/mol. The molecule has 218 valence electrons. The maximum Gasteiger partial charge on any atom is 0.248 e. The van der Waals surface area contributed by atoms with Gasteiger partial charge in [0.1, 0.15) is 11.8 Å². The third kappa shape index (κ3) is 4.93. The number of likely N-dealkylation sites (tertiary alicyclic amines) is 1. The number of aliphatic hydroxyl groups is 1. The number of carbonyl (C=O) groups excluding carboxylic acids is 3. The summed E-state index contributed by atoms with van der Waals surface area (Å²) in [5.74, 6) is -1.48. The number of fused-ring (bicyclic) bond motifs is 1. The second-order valence-corrected chi connectivity index (χ2v) is 12.9. The Morgan fingerprint density at radius 2 is 1.67 bits per heavy atom. The van der Waals surface area contributed by atoms with Crippen LogP contribution in [0.4, 0.5) is 11.4 Å². The molecule has 3 amide bonds. The number of ether oxygens (including phenoxy) is 1. The zero-order valence-electron chi connectivity index (χ0n) is 23.0. The van der Waals surface area contributed by atoms with Gasteiger partial charge < -0.3 is 25.4 Å². The Kier molecular flexibility index (Phi) is 7.91. The van der Waals surface area contributed by atoms with Crippen LogP contribution in [0.15, 0.2) is 78.9 Å². The molecule has 3 fully saturated rings. The number of rotatable bonds is 9. The lowest BCUT2D eigenvalue weighted by atomic mass is 9.70. The third-order valence-electron chi connectivity index (χ3n) is 8.53. The fraction of sp³-hybridized carbons (Fsp3) is 0.344. The molecule has 3 aliphatic heterocycles. The highest BCUT2D eigenvalue weighted by Crippen LogP contribution is 2.67. The van der Waals surface area contributed by atoms with Gasteiger partial charge in [-0.25, -0.2) is 0 Å². The normalized spacial score (nSPS) is 26.5. The largest absolute Gasteiger partial charge is 0.494 e. The second kappa shape index (κ2) is 11.6. The van der Waals surface area contributed by atoms with E-state index in [4.69, 9.17) is 16.3 Å². The van der Waals surface area contributed by atoms with Crippen LogP contribution in [0.2, 0.25) is 5.02 Å². The molecule has 8 nitrogen and oxygen atoms in total. The number of benzene rings is 3. The van der Waals surface area contributed by atoms with Crippen molar-refractivity contribution in [1.82, 2.24) is 4.90 Å². The van der Waals surface area contributed by atoms with Crippen molar-refractivity contribution >= 4 is 52.5 Å². The first-order chi connectivity index (χ1) is 20.4. The molecular formula is C32H32ClN3O5S. The van der Waals surface area contributed by atoms with E-state index in [-0.39, 0.29) is 29.6 Å². The SMILES string of the molecule is CCOc1ccc(NC(=O)[C@@H]2[C@H]3C(=O)N([C@H](CO)c4ccccc4)C(C(=O)Nc4ccc(Cl)cc4)C34CC[C@H]2S4)cc1. The van der Waals surface area contributed by atoms with E-state index >= 15 is 0 Å². The summed E-state index contributed by atoms with van der Waals surface area (Å²) in [5, 5.41) is 17.0. The monoisotopic (exact) mass is 605 g/mol. The molecule has 3 aromatic rings. The molecule has 10 heteroatoms. The van der Waals surface area contributed by atoms with Gasteiger partial charge in [0.15, 0.2) is 0 Å². The Labute approximate surface area is 253 Å². The van der Waals surface area contributed by atoms with Crippen LogP contribution in [-0.2, 0) is 14.4 Å². The van der Waals surface area contributed by atoms with E-state index in [1.165, 1.54) is 4.90 Å². The van der Waals surface area contributed by atoms with Gasteiger partial charge in [-0.1, -0.05) is 41.9 Å². The van der Waals surface area contributed by atoms with Crippen LogP contribution in [0.3, 0.4) is 0 Å². The van der Waals surface area contributed by atoms with Crippen LogP contribution >= 0.6 is 23.4 Å². The number of thioether (sulfide) groups is 1. The van der Waals surface area contributed by atoms with Crippen molar-refractivity contribution in [1.29, 1.82) is 0 Å². The minimum atomic E-state index is -0.888. The van der Waals surface area contributed by atoms with Crippen molar-refractivity contribution in [2.75, 3.05) is 23.8 Å². The van der Waals surface area contributed by atoms with E-state index in [0.29, 0.717) is 41.6 Å². The van der Waals surface area contributed by atoms with Gasteiger partial charge in [0.05, 0.1) is 35.8 Å². The zero-order chi connectivity index (χ0) is 29.4. The summed E-state index contributed by atoms with van der Waals surface area (Å²) in [6.45, 7) is 2.09. The number of nitrogens with one attached hydrogen (secondary N) is 2. The molecule has 3 heterocycles. The molecule has 42 heavy (non-hydrogen) atoms. The summed E-state index contributed by atoms with van der Waals surface area (Å²) >= 11 is 7.63. The summed E-state index contributed by atoms with van der Waals surface area (Å²) in [4.78, 5) is 44.0. The molecule has 6 rings (SSSR count). The summed E-state index contributed by atoms with van der Waals surface area (Å²) in [6, 6.07) is 21.5. The Balaban J connectivity index is 1.35. The molecule has 2 unspecified atom stereocenters. The predicted molar refractivity (Wildman–Crippen MR) is 164 cm³/mol. The highest BCUT2D eigenvalue weighted by molar-refractivity contribution is 8.02. The maximum atomic E-state index is 14.4. The smallest absolute Gasteiger partial charge is 0.248 e. The molecule has 0 radical (unpaired) electrons. The number of carbonyl (C=O) groups is 3. The Morgan fingerprint density at radius 3 is 2.31 bits per heavy atom. The lowest BCUT2D eigenvalue weighted by Gasteiger charge is -2.37. The second-order valence-electron chi connectivity index (χ2n) is 10.9. The number of nitrogens with zero attached hydrogens (tertiary/aromatic N) is 1. The van der Waals surface area contributed by atoms with E-state index in [1.807, 2.05) is 37.3 Å². The molecule has 0 saturated carbocycles. The molecule has 1 spiro atoms. The quantitative estimate of drug-likeness (QED) is 0.312. The minimum Gasteiger partial charge on any atom is -0.494 e. The van der Waals surface area contributed by atoms with Crippen LogP contribution in [0, 0.1) is 11.8 Å². The average Bonchev–Trinajstić information content (AvgIpc) is 3.64. The number of hydrogen-bond donors (Lipinski definition) is 3. The van der Waals surface area contributed by atoms with Crippen molar-refractivity contribution in [2.45, 2.75) is 41.8 Å². The van der Waals surface area contributed by atoms with Gasteiger partial charge >= 0.3 is 0 Å². The Morgan fingerprint density at radius 1 is 1.02 bits per heavy atom. The highest BCUT2D eigenvalue weighted by atomic mass is 35.5. The lowest BCUT2D eigenvalue weighted by molar-refractivity contribution is -0.141. The summed E-state index contributed by atoms with van der Waals surface area (Å²) < 4.78 is 4.70. The minimum absolute atomic E-state index is 0.0982. The van der Waals surface area contributed by atoms with Crippen LogP contribution < -0.4 is 15.4 Å². The van der Waals surface area contributed by atoms with Gasteiger partial charge in [-0.05, 0) is 73.9 Å². The Hall–Kier alpha value is -3.53. The fourth-order valence-corrected chi connectivity index (χ4v) is 9.16.